The first-order valence-corrected chi connectivity index (χ1v) is 8.22. The fourth-order valence-electron chi connectivity index (χ4n) is 2.96. The van der Waals surface area contributed by atoms with Crippen LogP contribution in [0.3, 0.4) is 0 Å². The Bertz CT molecular complexity index is 600. The molecule has 6 heteroatoms. The third kappa shape index (κ3) is 4.47. The molecule has 0 radical (unpaired) electrons. The van der Waals surface area contributed by atoms with E-state index in [4.69, 9.17) is 9.47 Å². The Kier molecular flexibility index (Phi) is 5.83. The average molecular weight is 334 g/mol. The van der Waals surface area contributed by atoms with E-state index in [0.29, 0.717) is 19.6 Å². The van der Waals surface area contributed by atoms with Crippen molar-refractivity contribution >= 4 is 11.9 Å². The highest BCUT2D eigenvalue weighted by atomic mass is 16.6. The van der Waals surface area contributed by atoms with Gasteiger partial charge in [0.05, 0.1) is 13.5 Å². The number of nitrogens with zero attached hydrogens (tertiary/aromatic N) is 1. The molecule has 1 aromatic rings. The van der Waals surface area contributed by atoms with Crippen LogP contribution in [0.15, 0.2) is 24.3 Å². The van der Waals surface area contributed by atoms with E-state index in [-0.39, 0.29) is 18.3 Å². The molecule has 132 valence electrons. The molecular weight excluding hydrogens is 308 g/mol. The molecule has 1 amide bonds. The number of para-hydroxylation sites is 1. The number of hydrogen-bond acceptors (Lipinski definition) is 5. The van der Waals surface area contributed by atoms with Crippen LogP contribution in [0.1, 0.15) is 32.8 Å². The van der Waals surface area contributed by atoms with Crippen molar-refractivity contribution in [2.75, 3.05) is 20.2 Å². The molecule has 1 heterocycles. The van der Waals surface area contributed by atoms with Crippen LogP contribution in [0.25, 0.3) is 0 Å². The minimum Gasteiger partial charge on any atom is -0.496 e. The molecule has 0 aromatic heterocycles. The van der Waals surface area contributed by atoms with Crippen molar-refractivity contribution in [3.05, 3.63) is 29.8 Å². The normalized spacial score (nSPS) is 20.3. The Labute approximate surface area is 143 Å². The maximum Gasteiger partial charge on any atom is 0.324 e. The summed E-state index contributed by atoms with van der Waals surface area (Å²) in [5, 5.41) is 2.85. The minimum atomic E-state index is -0.527. The second-order valence-corrected chi connectivity index (χ2v) is 6.55. The lowest BCUT2D eigenvalue weighted by atomic mass is 10.0. The Hall–Kier alpha value is -2.08. The summed E-state index contributed by atoms with van der Waals surface area (Å²) in [6.45, 7) is 7.43. The highest BCUT2D eigenvalue weighted by molar-refractivity contribution is 5.86. The molecule has 1 aliphatic rings. The second kappa shape index (κ2) is 7.66. The number of carbonyl (C=O) groups excluding carboxylic acids is 2. The summed E-state index contributed by atoms with van der Waals surface area (Å²) < 4.78 is 10.7. The van der Waals surface area contributed by atoms with Gasteiger partial charge < -0.3 is 14.8 Å². The zero-order chi connectivity index (χ0) is 17.7. The largest absolute Gasteiger partial charge is 0.496 e. The first kappa shape index (κ1) is 18.3. The Morgan fingerprint density at radius 2 is 2.12 bits per heavy atom. The van der Waals surface area contributed by atoms with Crippen LogP contribution in [0, 0.1) is 0 Å². The number of amides is 1. The molecule has 24 heavy (non-hydrogen) atoms. The van der Waals surface area contributed by atoms with Crippen LogP contribution in [-0.2, 0) is 20.9 Å². The Morgan fingerprint density at radius 3 is 2.79 bits per heavy atom. The number of cyclic esters (lactones) is 1. The second-order valence-electron chi connectivity index (χ2n) is 6.55. The third-order valence-corrected chi connectivity index (χ3v) is 4.13. The average Bonchev–Trinajstić information content (AvgIpc) is 2.54. The predicted molar refractivity (Wildman–Crippen MR) is 90.7 cm³/mol. The van der Waals surface area contributed by atoms with Gasteiger partial charge in [-0.1, -0.05) is 25.1 Å². The molecule has 2 rings (SSSR count). The highest BCUT2D eigenvalue weighted by Crippen LogP contribution is 2.23. The fraction of sp³-hybridized carbons (Fsp3) is 0.556. The molecule has 1 saturated heterocycles. The molecule has 1 atom stereocenters. The van der Waals surface area contributed by atoms with Gasteiger partial charge in [-0.3, -0.25) is 14.5 Å². The topological polar surface area (TPSA) is 67.9 Å². The lowest BCUT2D eigenvalue weighted by molar-refractivity contribution is -0.178. The summed E-state index contributed by atoms with van der Waals surface area (Å²) in [7, 11) is 1.60. The maximum absolute atomic E-state index is 12.3. The molecule has 0 bridgehead atoms. The van der Waals surface area contributed by atoms with Gasteiger partial charge in [0, 0.05) is 18.7 Å². The highest BCUT2D eigenvalue weighted by Gasteiger charge is 2.40. The van der Waals surface area contributed by atoms with Crippen LogP contribution < -0.4 is 10.1 Å². The van der Waals surface area contributed by atoms with Crippen molar-refractivity contribution in [1.29, 1.82) is 0 Å². The number of likely N-dealkylation sites (N-methyl/N-ethyl adjacent to an activating group) is 1. The number of hydrogen-bond donors (Lipinski definition) is 1. The molecule has 1 fully saturated rings. The van der Waals surface area contributed by atoms with Gasteiger partial charge in [-0.15, -0.1) is 0 Å². The minimum absolute atomic E-state index is 0.0951. The standard InChI is InChI=1S/C18H26N2O4/c1-5-20-12-18(2,3)24-17(22)14(20)10-16(21)19-11-13-8-6-7-9-15(13)23-4/h6-9,14H,5,10-12H2,1-4H3,(H,19,21). The summed E-state index contributed by atoms with van der Waals surface area (Å²) in [5.41, 5.74) is 0.380. The fourth-order valence-corrected chi connectivity index (χ4v) is 2.96. The smallest absolute Gasteiger partial charge is 0.324 e. The van der Waals surface area contributed by atoms with E-state index in [1.807, 2.05) is 49.9 Å². The molecular formula is C18H26N2O4. The van der Waals surface area contributed by atoms with E-state index < -0.39 is 11.6 Å². The van der Waals surface area contributed by atoms with Gasteiger partial charge in [0.1, 0.15) is 17.4 Å². The van der Waals surface area contributed by atoms with E-state index in [0.717, 1.165) is 11.3 Å². The number of esters is 1. The lowest BCUT2D eigenvalue weighted by Crippen LogP contribution is -2.57. The van der Waals surface area contributed by atoms with Gasteiger partial charge in [-0.2, -0.15) is 0 Å². The zero-order valence-corrected chi connectivity index (χ0v) is 14.8. The Balaban J connectivity index is 1.95. The zero-order valence-electron chi connectivity index (χ0n) is 14.8. The number of rotatable bonds is 6. The van der Waals surface area contributed by atoms with E-state index in [1.54, 1.807) is 7.11 Å². The quantitative estimate of drug-likeness (QED) is 0.803. The predicted octanol–water partition coefficient (Wildman–Crippen LogP) is 1.73. The molecule has 1 aliphatic heterocycles. The monoisotopic (exact) mass is 334 g/mol. The van der Waals surface area contributed by atoms with E-state index in [1.165, 1.54) is 0 Å². The van der Waals surface area contributed by atoms with Crippen molar-refractivity contribution < 1.29 is 19.1 Å². The van der Waals surface area contributed by atoms with Crippen LogP contribution in [0.4, 0.5) is 0 Å². The van der Waals surface area contributed by atoms with Crippen molar-refractivity contribution in [2.45, 2.75) is 45.4 Å². The van der Waals surface area contributed by atoms with E-state index >= 15 is 0 Å². The Morgan fingerprint density at radius 1 is 1.42 bits per heavy atom. The summed E-state index contributed by atoms with van der Waals surface area (Å²) in [5.74, 6) is 0.216. The molecule has 0 spiro atoms. The number of benzene rings is 1. The summed E-state index contributed by atoms with van der Waals surface area (Å²) in [6.07, 6.45) is 0.0951. The van der Waals surface area contributed by atoms with Crippen molar-refractivity contribution in [3.63, 3.8) is 0 Å². The van der Waals surface area contributed by atoms with E-state index in [2.05, 4.69) is 5.32 Å². The van der Waals surface area contributed by atoms with Gasteiger partial charge in [0.2, 0.25) is 5.91 Å². The summed E-state index contributed by atoms with van der Waals surface area (Å²) in [4.78, 5) is 26.5. The number of ether oxygens (including phenoxy) is 2. The van der Waals surface area contributed by atoms with Gasteiger partial charge in [-0.25, -0.2) is 0 Å². The molecule has 1 N–H and O–H groups in total. The first-order chi connectivity index (χ1) is 11.4. The number of morpholine rings is 1. The van der Waals surface area contributed by atoms with Crippen molar-refractivity contribution in [3.8, 4) is 5.75 Å². The van der Waals surface area contributed by atoms with Crippen molar-refractivity contribution in [2.24, 2.45) is 0 Å². The summed E-state index contributed by atoms with van der Waals surface area (Å²) >= 11 is 0. The van der Waals surface area contributed by atoms with Crippen LogP contribution in [0.2, 0.25) is 0 Å². The van der Waals surface area contributed by atoms with Crippen LogP contribution in [0.5, 0.6) is 5.75 Å². The van der Waals surface area contributed by atoms with E-state index in [9.17, 15) is 9.59 Å². The maximum atomic E-state index is 12.3. The van der Waals surface area contributed by atoms with Crippen LogP contribution in [-0.4, -0.2) is 48.6 Å². The van der Waals surface area contributed by atoms with Crippen LogP contribution >= 0.6 is 0 Å². The molecule has 0 saturated carbocycles. The number of carbonyl (C=O) groups is 2. The van der Waals surface area contributed by atoms with Gasteiger partial charge >= 0.3 is 5.97 Å². The molecule has 1 unspecified atom stereocenters. The third-order valence-electron chi connectivity index (χ3n) is 4.13. The first-order valence-electron chi connectivity index (χ1n) is 8.22. The van der Waals surface area contributed by atoms with Gasteiger partial charge in [0.25, 0.3) is 0 Å². The molecule has 0 aliphatic carbocycles. The lowest BCUT2D eigenvalue weighted by Gasteiger charge is -2.41. The summed E-state index contributed by atoms with van der Waals surface area (Å²) in [6, 6.07) is 6.99. The van der Waals surface area contributed by atoms with Gasteiger partial charge in [0.15, 0.2) is 0 Å². The van der Waals surface area contributed by atoms with Crippen molar-refractivity contribution in [1.82, 2.24) is 10.2 Å². The molecule has 1 aromatic carbocycles. The van der Waals surface area contributed by atoms with Gasteiger partial charge in [-0.05, 0) is 26.5 Å². The number of nitrogens with one attached hydrogen (secondary N) is 1. The number of methoxy groups -OCH3 is 1. The SMILES string of the molecule is CCN1CC(C)(C)OC(=O)C1CC(=O)NCc1ccccc1OC. The molecule has 6 nitrogen and oxygen atoms in total.